The minimum Gasteiger partial charge on any atom is -0.435 e. The van der Waals surface area contributed by atoms with E-state index in [4.69, 9.17) is 13.9 Å². The number of hydrogen-bond donors (Lipinski definition) is 0. The molecule has 17 heavy (non-hydrogen) atoms. The summed E-state index contributed by atoms with van der Waals surface area (Å²) in [6, 6.07) is 0. The van der Waals surface area contributed by atoms with E-state index in [1.54, 1.807) is 0 Å². The van der Waals surface area contributed by atoms with Crippen LogP contribution in [0.2, 0.25) is 18.1 Å². The summed E-state index contributed by atoms with van der Waals surface area (Å²) in [7, 11) is -1.84. The Labute approximate surface area is 105 Å². The predicted octanol–water partition coefficient (Wildman–Crippen LogP) is 2.69. The lowest BCUT2D eigenvalue weighted by atomic mass is 10.1. The molecule has 1 rings (SSSR count). The summed E-state index contributed by atoms with van der Waals surface area (Å²) < 4.78 is 16.6. The average molecular weight is 260 g/mol. The van der Waals surface area contributed by atoms with Crippen LogP contribution < -0.4 is 0 Å². The molecule has 0 radical (unpaired) electrons. The molecule has 0 aliphatic carbocycles. The van der Waals surface area contributed by atoms with E-state index in [1.807, 2.05) is 0 Å². The van der Waals surface area contributed by atoms with Gasteiger partial charge in [-0.15, -0.1) is 0 Å². The normalized spacial score (nSPS) is 26.6. The molecule has 0 bridgehead atoms. The summed E-state index contributed by atoms with van der Waals surface area (Å²) in [6.45, 7) is 12.0. The fraction of sp³-hybridized carbons (Fsp3) is 0.917. The van der Waals surface area contributed by atoms with Crippen LogP contribution >= 0.6 is 0 Å². The highest BCUT2D eigenvalue weighted by Crippen LogP contribution is 2.38. The minimum absolute atomic E-state index is 0.116. The highest BCUT2D eigenvalue weighted by molar-refractivity contribution is 6.74. The quantitative estimate of drug-likeness (QED) is 0.576. The first-order valence-corrected chi connectivity index (χ1v) is 9.07. The largest absolute Gasteiger partial charge is 0.435 e. The van der Waals surface area contributed by atoms with Crippen LogP contribution in [0.25, 0.3) is 0 Å². The van der Waals surface area contributed by atoms with Gasteiger partial charge in [0, 0.05) is 0 Å². The van der Waals surface area contributed by atoms with Crippen molar-refractivity contribution in [3.63, 3.8) is 0 Å². The molecule has 4 nitrogen and oxygen atoms in total. The lowest BCUT2D eigenvalue weighted by Crippen LogP contribution is -2.49. The molecular weight excluding hydrogens is 236 g/mol. The zero-order valence-electron chi connectivity index (χ0n) is 11.5. The average Bonchev–Trinajstić information content (AvgIpc) is 2.19. The summed E-state index contributed by atoms with van der Waals surface area (Å²) in [4.78, 5) is 10.4. The summed E-state index contributed by atoms with van der Waals surface area (Å²) in [5.74, 6) is 0. The molecule has 0 unspecified atom stereocenters. The lowest BCUT2D eigenvalue weighted by molar-refractivity contribution is -0.202. The molecule has 1 aliphatic heterocycles. The van der Waals surface area contributed by atoms with Crippen LogP contribution in [-0.2, 0) is 18.7 Å². The van der Waals surface area contributed by atoms with Gasteiger partial charge in [-0.1, -0.05) is 20.8 Å². The molecule has 0 aromatic rings. The van der Waals surface area contributed by atoms with Crippen molar-refractivity contribution in [1.82, 2.24) is 0 Å². The maximum absolute atomic E-state index is 10.4. The first-order valence-electron chi connectivity index (χ1n) is 6.16. The molecule has 1 fully saturated rings. The monoisotopic (exact) mass is 260 g/mol. The molecule has 1 aliphatic rings. The van der Waals surface area contributed by atoms with E-state index in [0.717, 1.165) is 12.8 Å². The Morgan fingerprint density at radius 1 is 1.35 bits per heavy atom. The maximum Gasteiger partial charge on any atom is 0.295 e. The van der Waals surface area contributed by atoms with Gasteiger partial charge in [-0.3, -0.25) is 4.79 Å². The topological polar surface area (TPSA) is 44.8 Å². The Balaban J connectivity index is 2.67. The van der Waals surface area contributed by atoms with E-state index >= 15 is 0 Å². The van der Waals surface area contributed by atoms with Crippen LogP contribution in [0.3, 0.4) is 0 Å². The van der Waals surface area contributed by atoms with Gasteiger partial charge >= 0.3 is 0 Å². The molecule has 2 atom stereocenters. The van der Waals surface area contributed by atoms with Crippen LogP contribution in [0.5, 0.6) is 0 Å². The third-order valence-electron chi connectivity index (χ3n) is 3.66. The summed E-state index contributed by atoms with van der Waals surface area (Å²) >= 11 is 0. The minimum atomic E-state index is -1.84. The fourth-order valence-electron chi connectivity index (χ4n) is 1.58. The van der Waals surface area contributed by atoms with Crippen LogP contribution in [0.1, 0.15) is 33.6 Å². The molecule has 0 aromatic heterocycles. The first kappa shape index (κ1) is 14.7. The van der Waals surface area contributed by atoms with Gasteiger partial charge < -0.3 is 13.9 Å². The number of hydrogen-bond acceptors (Lipinski definition) is 4. The van der Waals surface area contributed by atoms with Gasteiger partial charge in [0.1, 0.15) is 6.10 Å². The van der Waals surface area contributed by atoms with Crippen molar-refractivity contribution in [2.75, 3.05) is 6.61 Å². The molecule has 0 saturated carbocycles. The molecule has 0 amide bonds. The Morgan fingerprint density at radius 2 is 2.00 bits per heavy atom. The van der Waals surface area contributed by atoms with E-state index in [9.17, 15) is 4.79 Å². The number of ether oxygens (including phenoxy) is 2. The van der Waals surface area contributed by atoms with E-state index < -0.39 is 14.6 Å². The lowest BCUT2D eigenvalue weighted by Gasteiger charge is -2.41. The number of carbonyl (C=O) groups is 1. The summed E-state index contributed by atoms with van der Waals surface area (Å²) in [6.07, 6.45) is 1.20. The number of rotatable bonds is 4. The first-order chi connectivity index (χ1) is 7.78. The smallest absolute Gasteiger partial charge is 0.295 e. The van der Waals surface area contributed by atoms with Crippen molar-refractivity contribution < 1.29 is 18.7 Å². The molecule has 5 heteroatoms. The Morgan fingerprint density at radius 3 is 2.53 bits per heavy atom. The molecular formula is C12H24O4Si. The molecule has 0 spiro atoms. The van der Waals surface area contributed by atoms with E-state index in [-0.39, 0.29) is 11.1 Å². The Hall–Kier alpha value is -0.393. The van der Waals surface area contributed by atoms with E-state index in [2.05, 4.69) is 33.9 Å². The molecule has 1 heterocycles. The summed E-state index contributed by atoms with van der Waals surface area (Å²) in [5, 5.41) is 0.149. The second kappa shape index (κ2) is 5.50. The van der Waals surface area contributed by atoms with Gasteiger partial charge in [0.25, 0.3) is 6.47 Å². The predicted molar refractivity (Wildman–Crippen MR) is 68.2 cm³/mol. The second-order valence-corrected chi connectivity index (χ2v) is 10.8. The van der Waals surface area contributed by atoms with Crippen molar-refractivity contribution in [2.24, 2.45) is 0 Å². The highest BCUT2D eigenvalue weighted by atomic mass is 28.4. The third kappa shape index (κ3) is 3.79. The van der Waals surface area contributed by atoms with Crippen molar-refractivity contribution in [3.8, 4) is 0 Å². The zero-order valence-corrected chi connectivity index (χ0v) is 12.5. The van der Waals surface area contributed by atoms with E-state index in [0.29, 0.717) is 13.1 Å². The van der Waals surface area contributed by atoms with Crippen LogP contribution in [0, 0.1) is 0 Å². The van der Waals surface area contributed by atoms with E-state index in [1.165, 1.54) is 0 Å². The SMILES string of the molecule is CC(C)(C)[Si](C)(C)O[C@H]1CCCO[C@H]1OC=O. The van der Waals surface area contributed by atoms with Crippen molar-refractivity contribution in [3.05, 3.63) is 0 Å². The second-order valence-electron chi connectivity index (χ2n) is 6.03. The van der Waals surface area contributed by atoms with Gasteiger partial charge in [0.05, 0.1) is 6.61 Å². The van der Waals surface area contributed by atoms with Crippen molar-refractivity contribution in [2.45, 2.75) is 64.1 Å². The fourth-order valence-corrected chi connectivity index (χ4v) is 2.92. The van der Waals surface area contributed by atoms with Gasteiger partial charge in [-0.05, 0) is 31.0 Å². The third-order valence-corrected chi connectivity index (χ3v) is 8.16. The van der Waals surface area contributed by atoms with Crippen molar-refractivity contribution >= 4 is 14.8 Å². The zero-order chi connectivity index (χ0) is 13.1. The molecule has 0 aromatic carbocycles. The highest BCUT2D eigenvalue weighted by Gasteiger charge is 2.42. The van der Waals surface area contributed by atoms with Gasteiger partial charge in [0.15, 0.2) is 8.32 Å². The van der Waals surface area contributed by atoms with Gasteiger partial charge in [0.2, 0.25) is 6.29 Å². The van der Waals surface area contributed by atoms with Crippen molar-refractivity contribution in [1.29, 1.82) is 0 Å². The number of carbonyl (C=O) groups excluding carboxylic acids is 1. The molecule has 1 saturated heterocycles. The Bertz CT molecular complexity index is 260. The molecule has 100 valence electrons. The standard InChI is InChI=1S/C12H24O4Si/c1-12(2,3)17(4,5)16-10-7-6-8-14-11(10)15-9-13/h9-11H,6-8H2,1-5H3/t10-,11-/m0/s1. The van der Waals surface area contributed by atoms with Gasteiger partial charge in [-0.2, -0.15) is 0 Å². The maximum atomic E-state index is 10.4. The van der Waals surface area contributed by atoms with Crippen LogP contribution in [-0.4, -0.2) is 33.8 Å². The molecule has 0 N–H and O–H groups in total. The van der Waals surface area contributed by atoms with Gasteiger partial charge in [-0.25, -0.2) is 0 Å². The van der Waals surface area contributed by atoms with Crippen LogP contribution in [0.4, 0.5) is 0 Å². The van der Waals surface area contributed by atoms with Crippen LogP contribution in [0.15, 0.2) is 0 Å². The Kier molecular flexibility index (Phi) is 4.74. The summed E-state index contributed by atoms with van der Waals surface area (Å²) in [5.41, 5.74) is 0.